The topological polar surface area (TPSA) is 38.0 Å². The van der Waals surface area contributed by atoms with Crippen molar-refractivity contribution in [1.82, 2.24) is 5.43 Å². The molecule has 1 aromatic rings. The number of hydrogen-bond acceptors (Lipinski definition) is 3. The predicted molar refractivity (Wildman–Crippen MR) is 61.1 cm³/mol. The van der Waals surface area contributed by atoms with Crippen molar-refractivity contribution in [3.63, 3.8) is 0 Å². The third-order valence-corrected chi connectivity index (χ3v) is 4.13. The van der Waals surface area contributed by atoms with Gasteiger partial charge >= 0.3 is 0 Å². The van der Waals surface area contributed by atoms with Crippen LogP contribution >= 0.6 is 11.3 Å². The standard InChI is InChI=1S/C11H18N2S/c1-8-10(5-6-14-8)11(13-12)7-9-3-2-4-9/h5-6,9,11,13H,2-4,7,12H2,1H3. The molecule has 3 N–H and O–H groups in total. The second-order valence-corrected chi connectivity index (χ2v) is 5.30. The Morgan fingerprint density at radius 3 is 2.86 bits per heavy atom. The lowest BCUT2D eigenvalue weighted by Crippen LogP contribution is -2.31. The van der Waals surface area contributed by atoms with Gasteiger partial charge in [-0.1, -0.05) is 19.3 Å². The highest BCUT2D eigenvalue weighted by atomic mass is 32.1. The van der Waals surface area contributed by atoms with Crippen LogP contribution in [0.5, 0.6) is 0 Å². The number of thiophene rings is 1. The van der Waals surface area contributed by atoms with E-state index in [0.29, 0.717) is 6.04 Å². The molecule has 1 fully saturated rings. The molecule has 1 aliphatic rings. The van der Waals surface area contributed by atoms with Gasteiger partial charge in [-0.05, 0) is 36.3 Å². The SMILES string of the molecule is Cc1sccc1C(CC1CCC1)NN. The summed E-state index contributed by atoms with van der Waals surface area (Å²) >= 11 is 1.81. The maximum atomic E-state index is 5.61. The number of nitrogens with one attached hydrogen (secondary N) is 1. The molecule has 0 spiro atoms. The number of aryl methyl sites for hydroxylation is 1. The van der Waals surface area contributed by atoms with E-state index in [1.165, 1.54) is 36.1 Å². The molecule has 0 aliphatic heterocycles. The lowest BCUT2D eigenvalue weighted by Gasteiger charge is -2.29. The zero-order chi connectivity index (χ0) is 9.97. The van der Waals surface area contributed by atoms with Gasteiger partial charge in [-0.2, -0.15) is 0 Å². The summed E-state index contributed by atoms with van der Waals surface area (Å²) in [5, 5.41) is 2.15. The van der Waals surface area contributed by atoms with Crippen molar-refractivity contribution in [2.75, 3.05) is 0 Å². The number of rotatable bonds is 4. The monoisotopic (exact) mass is 210 g/mol. The van der Waals surface area contributed by atoms with E-state index in [-0.39, 0.29) is 0 Å². The van der Waals surface area contributed by atoms with Crippen LogP contribution in [0.2, 0.25) is 0 Å². The van der Waals surface area contributed by atoms with Crippen molar-refractivity contribution in [1.29, 1.82) is 0 Å². The Morgan fingerprint density at radius 1 is 1.64 bits per heavy atom. The molecule has 1 aromatic heterocycles. The van der Waals surface area contributed by atoms with E-state index >= 15 is 0 Å². The van der Waals surface area contributed by atoms with Crippen LogP contribution in [0.25, 0.3) is 0 Å². The van der Waals surface area contributed by atoms with Crippen molar-refractivity contribution in [2.24, 2.45) is 11.8 Å². The van der Waals surface area contributed by atoms with Gasteiger partial charge in [0, 0.05) is 10.9 Å². The van der Waals surface area contributed by atoms with Gasteiger partial charge in [-0.25, -0.2) is 0 Å². The molecule has 1 aliphatic carbocycles. The summed E-state index contributed by atoms with van der Waals surface area (Å²) in [6, 6.07) is 2.56. The predicted octanol–water partition coefficient (Wildman–Crippen LogP) is 2.75. The average molecular weight is 210 g/mol. The van der Waals surface area contributed by atoms with E-state index in [2.05, 4.69) is 23.8 Å². The van der Waals surface area contributed by atoms with Gasteiger partial charge in [0.05, 0.1) is 0 Å². The third kappa shape index (κ3) is 2.00. The first kappa shape index (κ1) is 10.1. The van der Waals surface area contributed by atoms with Crippen molar-refractivity contribution in [2.45, 2.75) is 38.6 Å². The molecular formula is C11H18N2S. The van der Waals surface area contributed by atoms with E-state index in [4.69, 9.17) is 5.84 Å². The Labute approximate surface area is 89.5 Å². The molecule has 1 atom stereocenters. The minimum atomic E-state index is 0.367. The Balaban J connectivity index is 2.01. The number of hydrazine groups is 1. The molecule has 0 saturated heterocycles. The molecule has 3 heteroatoms. The summed E-state index contributed by atoms with van der Waals surface area (Å²) in [4.78, 5) is 1.40. The first-order valence-electron chi connectivity index (χ1n) is 5.31. The maximum Gasteiger partial charge on any atom is 0.0473 e. The number of hydrogen-bond donors (Lipinski definition) is 2. The number of nitrogens with two attached hydrogens (primary N) is 1. The van der Waals surface area contributed by atoms with Gasteiger partial charge in [0.1, 0.15) is 0 Å². The molecule has 1 heterocycles. The molecule has 0 amide bonds. The summed E-state index contributed by atoms with van der Waals surface area (Å²) < 4.78 is 0. The normalized spacial score (nSPS) is 19.3. The molecule has 0 aromatic carbocycles. The maximum absolute atomic E-state index is 5.61. The summed E-state index contributed by atoms with van der Waals surface area (Å²) in [6.07, 6.45) is 5.39. The highest BCUT2D eigenvalue weighted by Gasteiger charge is 2.23. The summed E-state index contributed by atoms with van der Waals surface area (Å²) in [6.45, 7) is 2.17. The summed E-state index contributed by atoms with van der Waals surface area (Å²) in [7, 11) is 0. The van der Waals surface area contributed by atoms with Gasteiger partial charge in [-0.3, -0.25) is 11.3 Å². The van der Waals surface area contributed by atoms with E-state index in [0.717, 1.165) is 5.92 Å². The highest BCUT2D eigenvalue weighted by molar-refractivity contribution is 7.10. The minimum Gasteiger partial charge on any atom is -0.271 e. The van der Waals surface area contributed by atoms with Gasteiger partial charge < -0.3 is 0 Å². The minimum absolute atomic E-state index is 0.367. The van der Waals surface area contributed by atoms with Crippen molar-refractivity contribution < 1.29 is 0 Å². The van der Waals surface area contributed by atoms with Gasteiger partial charge in [0.15, 0.2) is 0 Å². The van der Waals surface area contributed by atoms with Crippen molar-refractivity contribution in [3.05, 3.63) is 21.9 Å². The fourth-order valence-corrected chi connectivity index (χ4v) is 2.87. The first-order valence-corrected chi connectivity index (χ1v) is 6.19. The largest absolute Gasteiger partial charge is 0.271 e. The third-order valence-electron chi connectivity index (χ3n) is 3.27. The van der Waals surface area contributed by atoms with Crippen molar-refractivity contribution in [3.8, 4) is 0 Å². The van der Waals surface area contributed by atoms with Gasteiger partial charge in [-0.15, -0.1) is 11.3 Å². The van der Waals surface area contributed by atoms with E-state index < -0.39 is 0 Å². The van der Waals surface area contributed by atoms with Gasteiger partial charge in [0.25, 0.3) is 0 Å². The first-order chi connectivity index (χ1) is 6.81. The second-order valence-electron chi connectivity index (χ2n) is 4.18. The lowest BCUT2D eigenvalue weighted by atomic mass is 9.80. The fraction of sp³-hybridized carbons (Fsp3) is 0.636. The Kier molecular flexibility index (Phi) is 3.21. The van der Waals surface area contributed by atoms with Crippen molar-refractivity contribution >= 4 is 11.3 Å². The van der Waals surface area contributed by atoms with Crippen LogP contribution in [0.1, 0.15) is 42.2 Å². The Morgan fingerprint density at radius 2 is 2.43 bits per heavy atom. The molecule has 0 radical (unpaired) electrons. The molecule has 1 unspecified atom stereocenters. The average Bonchev–Trinajstić information content (AvgIpc) is 2.51. The molecule has 1 saturated carbocycles. The quantitative estimate of drug-likeness (QED) is 0.592. The van der Waals surface area contributed by atoms with Crippen LogP contribution in [-0.4, -0.2) is 0 Å². The van der Waals surface area contributed by atoms with Crippen LogP contribution in [0.15, 0.2) is 11.4 Å². The molecule has 78 valence electrons. The second kappa shape index (κ2) is 4.43. The molecule has 14 heavy (non-hydrogen) atoms. The van der Waals surface area contributed by atoms with E-state index in [1.807, 2.05) is 0 Å². The highest BCUT2D eigenvalue weighted by Crippen LogP contribution is 2.35. The molecular weight excluding hydrogens is 192 g/mol. The van der Waals surface area contributed by atoms with E-state index in [9.17, 15) is 0 Å². The van der Waals surface area contributed by atoms with Crippen LogP contribution in [0, 0.1) is 12.8 Å². The van der Waals surface area contributed by atoms with E-state index in [1.54, 1.807) is 11.3 Å². The summed E-state index contributed by atoms with van der Waals surface area (Å²) in [5.41, 5.74) is 4.34. The fourth-order valence-electron chi connectivity index (χ4n) is 2.10. The smallest absolute Gasteiger partial charge is 0.0473 e. The lowest BCUT2D eigenvalue weighted by molar-refractivity contribution is 0.262. The Bertz CT molecular complexity index is 291. The zero-order valence-electron chi connectivity index (χ0n) is 8.62. The van der Waals surface area contributed by atoms with Crippen LogP contribution in [-0.2, 0) is 0 Å². The van der Waals surface area contributed by atoms with Gasteiger partial charge in [0.2, 0.25) is 0 Å². The molecule has 2 rings (SSSR count). The van der Waals surface area contributed by atoms with Crippen LogP contribution in [0.4, 0.5) is 0 Å². The molecule has 2 nitrogen and oxygen atoms in total. The van der Waals surface area contributed by atoms with Crippen LogP contribution in [0.3, 0.4) is 0 Å². The van der Waals surface area contributed by atoms with Crippen LogP contribution < -0.4 is 11.3 Å². The molecule has 0 bridgehead atoms. The zero-order valence-corrected chi connectivity index (χ0v) is 9.44. The Hall–Kier alpha value is -0.380. The summed E-state index contributed by atoms with van der Waals surface area (Å²) in [5.74, 6) is 6.51.